The first-order valence-corrected chi connectivity index (χ1v) is 9.92. The van der Waals surface area contributed by atoms with Gasteiger partial charge in [-0.2, -0.15) is 0 Å². The van der Waals surface area contributed by atoms with Gasteiger partial charge in [0.2, 0.25) is 0 Å². The molecule has 1 aromatic heterocycles. The number of ether oxygens (including phenoxy) is 2. The van der Waals surface area contributed by atoms with E-state index in [2.05, 4.69) is 32.3 Å². The summed E-state index contributed by atoms with van der Waals surface area (Å²) in [5.41, 5.74) is 1.13. The monoisotopic (exact) mass is 386 g/mol. The minimum absolute atomic E-state index is 0.262. The molecule has 1 fully saturated rings. The lowest BCUT2D eigenvalue weighted by atomic mass is 10.2. The van der Waals surface area contributed by atoms with E-state index in [0.29, 0.717) is 6.54 Å². The number of rotatable bonds is 9. The molecule has 1 saturated heterocycles. The molecule has 1 unspecified atom stereocenters. The number of benzene rings is 1. The number of aromatic nitrogens is 3. The summed E-state index contributed by atoms with van der Waals surface area (Å²) in [6.07, 6.45) is 5.13. The van der Waals surface area contributed by atoms with Gasteiger partial charge in [0.05, 0.1) is 19.8 Å². The van der Waals surface area contributed by atoms with E-state index in [1.165, 1.54) is 0 Å². The van der Waals surface area contributed by atoms with E-state index in [1.807, 2.05) is 24.3 Å². The minimum Gasteiger partial charge on any atom is -0.497 e. The Morgan fingerprint density at radius 1 is 1.32 bits per heavy atom. The average molecular weight is 387 g/mol. The third kappa shape index (κ3) is 5.95. The molecule has 2 aromatic rings. The first-order chi connectivity index (χ1) is 13.8. The second-order valence-electron chi connectivity index (χ2n) is 6.75. The zero-order valence-electron chi connectivity index (χ0n) is 16.7. The van der Waals surface area contributed by atoms with Crippen molar-refractivity contribution in [2.45, 2.75) is 45.4 Å². The van der Waals surface area contributed by atoms with Gasteiger partial charge in [-0.15, -0.1) is 10.2 Å². The molecular weight excluding hydrogens is 356 g/mol. The lowest BCUT2D eigenvalue weighted by Crippen LogP contribution is -2.42. The Hall–Kier alpha value is -2.61. The van der Waals surface area contributed by atoms with Crippen LogP contribution < -0.4 is 15.4 Å². The van der Waals surface area contributed by atoms with E-state index in [4.69, 9.17) is 14.5 Å². The maximum absolute atomic E-state index is 5.71. The van der Waals surface area contributed by atoms with E-state index >= 15 is 0 Å². The molecule has 0 bridgehead atoms. The van der Waals surface area contributed by atoms with Gasteiger partial charge in [-0.1, -0.05) is 19.1 Å². The molecule has 0 aliphatic carbocycles. The fraction of sp³-hybridized carbons (Fsp3) is 0.550. The number of hydrogen-bond acceptors (Lipinski definition) is 5. The number of methoxy groups -OCH3 is 1. The highest BCUT2D eigenvalue weighted by atomic mass is 16.5. The Bertz CT molecular complexity index is 737. The predicted octanol–water partition coefficient (Wildman–Crippen LogP) is 1.76. The van der Waals surface area contributed by atoms with Crippen LogP contribution in [0.15, 0.2) is 35.6 Å². The van der Waals surface area contributed by atoms with Gasteiger partial charge in [-0.05, 0) is 30.5 Å². The Kier molecular flexibility index (Phi) is 7.66. The second kappa shape index (κ2) is 10.7. The predicted molar refractivity (Wildman–Crippen MR) is 109 cm³/mol. The van der Waals surface area contributed by atoms with Crippen molar-refractivity contribution in [3.8, 4) is 5.75 Å². The standard InChI is InChI=1S/C20H30N6O2/c1-3-19-25-24-15-26(19)11-10-21-20(23-14-18-5-4-12-28-18)22-13-16-6-8-17(27-2)9-7-16/h6-9,15,18H,3-5,10-14H2,1-2H3,(H2,21,22,23). The number of guanidine groups is 1. The van der Waals surface area contributed by atoms with Crippen LogP contribution in [0.4, 0.5) is 0 Å². The molecule has 0 spiro atoms. The van der Waals surface area contributed by atoms with Crippen molar-refractivity contribution in [1.82, 2.24) is 25.4 Å². The summed E-state index contributed by atoms with van der Waals surface area (Å²) < 4.78 is 13.0. The zero-order valence-corrected chi connectivity index (χ0v) is 16.7. The molecule has 2 heterocycles. The summed E-state index contributed by atoms with van der Waals surface area (Å²) in [6, 6.07) is 7.97. The molecule has 8 heteroatoms. The van der Waals surface area contributed by atoms with Crippen molar-refractivity contribution in [2.24, 2.45) is 4.99 Å². The van der Waals surface area contributed by atoms with Crippen LogP contribution in [0.1, 0.15) is 31.2 Å². The van der Waals surface area contributed by atoms with Crippen LogP contribution in [0, 0.1) is 0 Å². The van der Waals surface area contributed by atoms with Gasteiger partial charge in [0.15, 0.2) is 5.96 Å². The Labute approximate surface area is 166 Å². The first kappa shape index (κ1) is 20.1. The van der Waals surface area contributed by atoms with Gasteiger partial charge in [-0.25, -0.2) is 4.99 Å². The first-order valence-electron chi connectivity index (χ1n) is 9.92. The SMILES string of the molecule is CCc1nncn1CCNC(=NCc1ccc(OC)cc1)NCC1CCCO1. The molecule has 0 saturated carbocycles. The third-order valence-electron chi connectivity index (χ3n) is 4.76. The summed E-state index contributed by atoms with van der Waals surface area (Å²) in [5, 5.41) is 14.9. The smallest absolute Gasteiger partial charge is 0.191 e. The van der Waals surface area contributed by atoms with Gasteiger partial charge in [-0.3, -0.25) is 0 Å². The van der Waals surface area contributed by atoms with Gasteiger partial charge in [0.25, 0.3) is 0 Å². The van der Waals surface area contributed by atoms with Crippen molar-refractivity contribution < 1.29 is 9.47 Å². The molecule has 28 heavy (non-hydrogen) atoms. The average Bonchev–Trinajstić information content (AvgIpc) is 3.41. The zero-order chi connectivity index (χ0) is 19.6. The highest BCUT2D eigenvalue weighted by Gasteiger charge is 2.15. The lowest BCUT2D eigenvalue weighted by molar-refractivity contribution is 0.114. The van der Waals surface area contributed by atoms with Crippen molar-refractivity contribution in [3.05, 3.63) is 42.0 Å². The van der Waals surface area contributed by atoms with Crippen LogP contribution in [0.2, 0.25) is 0 Å². The van der Waals surface area contributed by atoms with Gasteiger partial charge >= 0.3 is 0 Å². The Morgan fingerprint density at radius 3 is 2.89 bits per heavy atom. The fourth-order valence-electron chi connectivity index (χ4n) is 3.13. The molecule has 1 aromatic carbocycles. The second-order valence-corrected chi connectivity index (χ2v) is 6.75. The van der Waals surface area contributed by atoms with Gasteiger partial charge in [0, 0.05) is 32.7 Å². The lowest BCUT2D eigenvalue weighted by Gasteiger charge is -2.16. The van der Waals surface area contributed by atoms with E-state index in [0.717, 1.165) is 68.6 Å². The topological polar surface area (TPSA) is 85.6 Å². The Balaban J connectivity index is 1.56. The van der Waals surface area contributed by atoms with E-state index < -0.39 is 0 Å². The quantitative estimate of drug-likeness (QED) is 0.505. The number of aryl methyl sites for hydroxylation is 1. The van der Waals surface area contributed by atoms with Crippen LogP contribution in [0.5, 0.6) is 5.75 Å². The van der Waals surface area contributed by atoms with E-state index in [1.54, 1.807) is 13.4 Å². The molecular formula is C20H30N6O2. The summed E-state index contributed by atoms with van der Waals surface area (Å²) >= 11 is 0. The summed E-state index contributed by atoms with van der Waals surface area (Å²) in [5.74, 6) is 2.63. The molecule has 152 valence electrons. The van der Waals surface area contributed by atoms with Crippen LogP contribution in [0.25, 0.3) is 0 Å². The number of aliphatic imine (C=N–C) groups is 1. The molecule has 0 amide bonds. The maximum atomic E-state index is 5.71. The molecule has 1 aliphatic heterocycles. The molecule has 0 radical (unpaired) electrons. The number of nitrogens with one attached hydrogen (secondary N) is 2. The van der Waals surface area contributed by atoms with Crippen LogP contribution in [0.3, 0.4) is 0 Å². The van der Waals surface area contributed by atoms with E-state index in [-0.39, 0.29) is 6.10 Å². The summed E-state index contributed by atoms with van der Waals surface area (Å²) in [7, 11) is 1.67. The molecule has 1 atom stereocenters. The number of nitrogens with zero attached hydrogens (tertiary/aromatic N) is 4. The van der Waals surface area contributed by atoms with Crippen molar-refractivity contribution >= 4 is 5.96 Å². The Morgan fingerprint density at radius 2 is 2.18 bits per heavy atom. The number of hydrogen-bond donors (Lipinski definition) is 2. The summed E-state index contributed by atoms with van der Waals surface area (Å²) in [6.45, 7) is 5.83. The van der Waals surface area contributed by atoms with Crippen LogP contribution >= 0.6 is 0 Å². The van der Waals surface area contributed by atoms with E-state index in [9.17, 15) is 0 Å². The molecule has 8 nitrogen and oxygen atoms in total. The normalized spacial score (nSPS) is 16.9. The maximum Gasteiger partial charge on any atom is 0.191 e. The fourth-order valence-corrected chi connectivity index (χ4v) is 3.13. The molecule has 1 aliphatic rings. The minimum atomic E-state index is 0.262. The van der Waals surface area contributed by atoms with Crippen LogP contribution in [-0.2, 0) is 24.2 Å². The van der Waals surface area contributed by atoms with Crippen molar-refractivity contribution in [1.29, 1.82) is 0 Å². The third-order valence-corrected chi connectivity index (χ3v) is 4.76. The van der Waals surface area contributed by atoms with Gasteiger partial charge < -0.3 is 24.7 Å². The highest BCUT2D eigenvalue weighted by molar-refractivity contribution is 5.79. The molecule has 3 rings (SSSR count). The summed E-state index contributed by atoms with van der Waals surface area (Å²) in [4.78, 5) is 4.73. The molecule has 2 N–H and O–H groups in total. The van der Waals surface area contributed by atoms with Crippen molar-refractivity contribution in [2.75, 3.05) is 26.8 Å². The highest BCUT2D eigenvalue weighted by Crippen LogP contribution is 2.12. The van der Waals surface area contributed by atoms with Crippen LogP contribution in [-0.4, -0.2) is 53.6 Å². The van der Waals surface area contributed by atoms with Crippen molar-refractivity contribution in [3.63, 3.8) is 0 Å². The largest absolute Gasteiger partial charge is 0.497 e. The van der Waals surface area contributed by atoms with Gasteiger partial charge in [0.1, 0.15) is 17.9 Å².